The largest absolute Gasteiger partial charge is 0.368 e. The second-order valence-corrected chi connectivity index (χ2v) is 12.4. The van der Waals surface area contributed by atoms with Gasteiger partial charge in [-0.3, -0.25) is 14.2 Å². The van der Waals surface area contributed by atoms with Gasteiger partial charge in [0.05, 0.1) is 5.78 Å². The summed E-state index contributed by atoms with van der Waals surface area (Å²) in [5, 5.41) is 3.69. The minimum absolute atomic E-state index is 0.0990. The third-order valence-electron chi connectivity index (χ3n) is 6.46. The van der Waals surface area contributed by atoms with E-state index in [2.05, 4.69) is 10.3 Å². The molecule has 0 radical (unpaired) electrons. The van der Waals surface area contributed by atoms with Crippen LogP contribution in [0.2, 0.25) is 0 Å². The lowest BCUT2D eigenvalue weighted by atomic mass is 9.97. The van der Waals surface area contributed by atoms with Crippen molar-refractivity contribution >= 4 is 30.1 Å². The lowest BCUT2D eigenvalue weighted by Gasteiger charge is -2.26. The van der Waals surface area contributed by atoms with Gasteiger partial charge in [0.25, 0.3) is 0 Å². The topological polar surface area (TPSA) is 151 Å². The first-order valence-electron chi connectivity index (χ1n) is 12.3. The van der Waals surface area contributed by atoms with Gasteiger partial charge >= 0.3 is 0 Å². The molecule has 36 heavy (non-hydrogen) atoms. The minimum Gasteiger partial charge on any atom is -0.368 e. The Morgan fingerprint density at radius 3 is 2.42 bits per heavy atom. The molecule has 0 spiro atoms. The molecule has 0 saturated carbocycles. The van der Waals surface area contributed by atoms with E-state index in [4.69, 9.17) is 11.5 Å². The molecule has 0 fully saturated rings. The summed E-state index contributed by atoms with van der Waals surface area (Å²) in [4.78, 5) is 39.5. The van der Waals surface area contributed by atoms with Crippen molar-refractivity contribution in [1.82, 2.24) is 10.3 Å². The number of hydrogen-bond donors (Lipinski definition) is 5. The van der Waals surface area contributed by atoms with Crippen LogP contribution in [0.1, 0.15) is 37.8 Å². The van der Waals surface area contributed by atoms with Crippen LogP contribution in [0.3, 0.4) is 0 Å². The van der Waals surface area contributed by atoms with Crippen LogP contribution < -0.4 is 16.8 Å². The van der Waals surface area contributed by atoms with E-state index in [1.807, 2.05) is 68.4 Å². The molecule has 7 N–H and O–H groups in total. The second-order valence-electron chi connectivity index (χ2n) is 9.88. The summed E-state index contributed by atoms with van der Waals surface area (Å²) < 4.78 is 13.2. The van der Waals surface area contributed by atoms with Gasteiger partial charge in [-0.05, 0) is 42.4 Å². The number of rotatable bonds is 13. The van der Waals surface area contributed by atoms with Gasteiger partial charge in [-0.1, -0.05) is 62.4 Å². The Hall–Kier alpha value is -2.93. The molecule has 4 atom stereocenters. The standard InChI is InChI=1S/C27H37N4O4P/c1-18(2)14-21(17-36(34,35)25(28)13-12-19-8-4-3-5-9-19)27(33)31-24(26(29)32)15-20-16-30-23-11-7-6-10-22(20)23/h3-11,16,18,21,24-25,30H,12-15,17,28H2,1-2H3,(H2,29,32)(H,31,33)(H,34,35)/t21?,24-,25+/m0/s1. The SMILES string of the molecule is CC(C)CC(CP(=O)(O)[C@@H](N)CCc1ccccc1)C(=O)N[C@@H](Cc1c[nH]c2ccccc12)C(N)=O. The lowest BCUT2D eigenvalue weighted by molar-refractivity contribution is -0.129. The number of primary amides is 1. The summed E-state index contributed by atoms with van der Waals surface area (Å²) in [6, 6.07) is 16.3. The number of carbonyl (C=O) groups is 2. The van der Waals surface area contributed by atoms with Crippen molar-refractivity contribution in [3.05, 3.63) is 71.9 Å². The number of fused-ring (bicyclic) bond motifs is 1. The quantitative estimate of drug-likeness (QED) is 0.222. The molecule has 8 nitrogen and oxygen atoms in total. The molecule has 0 aliphatic rings. The number of nitrogens with one attached hydrogen (secondary N) is 2. The van der Waals surface area contributed by atoms with Gasteiger partial charge in [0, 0.05) is 35.6 Å². The number of carbonyl (C=O) groups excluding carboxylic acids is 2. The molecule has 2 unspecified atom stereocenters. The highest BCUT2D eigenvalue weighted by Crippen LogP contribution is 2.48. The van der Waals surface area contributed by atoms with E-state index < -0.39 is 36.9 Å². The maximum absolute atomic E-state index is 13.3. The average molecular weight is 513 g/mol. The van der Waals surface area contributed by atoms with Crippen LogP contribution in [0, 0.1) is 11.8 Å². The van der Waals surface area contributed by atoms with Crippen molar-refractivity contribution in [2.75, 3.05) is 6.16 Å². The number of nitrogens with two attached hydrogens (primary N) is 2. The van der Waals surface area contributed by atoms with Crippen molar-refractivity contribution < 1.29 is 19.0 Å². The Labute approximate surface area is 212 Å². The Morgan fingerprint density at radius 2 is 1.75 bits per heavy atom. The molecule has 3 rings (SSSR count). The van der Waals surface area contributed by atoms with E-state index >= 15 is 0 Å². The van der Waals surface area contributed by atoms with Crippen molar-refractivity contribution in [1.29, 1.82) is 0 Å². The third-order valence-corrected chi connectivity index (χ3v) is 8.72. The van der Waals surface area contributed by atoms with Crippen LogP contribution in [-0.4, -0.2) is 39.7 Å². The highest BCUT2D eigenvalue weighted by atomic mass is 31.2. The Morgan fingerprint density at radius 1 is 1.08 bits per heavy atom. The van der Waals surface area contributed by atoms with Crippen LogP contribution in [0.5, 0.6) is 0 Å². The summed E-state index contributed by atoms with van der Waals surface area (Å²) >= 11 is 0. The van der Waals surface area contributed by atoms with E-state index in [-0.39, 0.29) is 18.5 Å². The number of aryl methyl sites for hydroxylation is 1. The summed E-state index contributed by atoms with van der Waals surface area (Å²) in [5.74, 6) is -2.74. The summed E-state index contributed by atoms with van der Waals surface area (Å²) in [6.45, 7) is 3.88. The predicted molar refractivity (Wildman–Crippen MR) is 144 cm³/mol. The van der Waals surface area contributed by atoms with E-state index in [1.54, 1.807) is 6.20 Å². The molecule has 2 aromatic carbocycles. The van der Waals surface area contributed by atoms with Crippen molar-refractivity contribution in [2.24, 2.45) is 23.3 Å². The van der Waals surface area contributed by atoms with E-state index in [9.17, 15) is 19.0 Å². The van der Waals surface area contributed by atoms with Crippen LogP contribution in [0.4, 0.5) is 0 Å². The summed E-state index contributed by atoms with van der Waals surface area (Å²) in [6.07, 6.45) is 3.06. The first-order chi connectivity index (χ1) is 17.1. The Bertz CT molecular complexity index is 1210. The maximum Gasteiger partial charge on any atom is 0.240 e. The highest BCUT2D eigenvalue weighted by molar-refractivity contribution is 7.58. The Balaban J connectivity index is 1.69. The van der Waals surface area contributed by atoms with Gasteiger partial charge in [-0.2, -0.15) is 0 Å². The fraction of sp³-hybridized carbons (Fsp3) is 0.407. The molecule has 1 heterocycles. The van der Waals surface area contributed by atoms with E-state index in [0.717, 1.165) is 22.0 Å². The number of para-hydroxylation sites is 1. The molecule has 0 aliphatic heterocycles. The second kappa shape index (κ2) is 12.3. The average Bonchev–Trinajstić information content (AvgIpc) is 3.24. The van der Waals surface area contributed by atoms with Gasteiger partial charge in [0.2, 0.25) is 19.2 Å². The number of benzene rings is 2. The van der Waals surface area contributed by atoms with Crippen LogP contribution >= 0.6 is 7.37 Å². The number of amides is 2. The van der Waals surface area contributed by atoms with E-state index in [1.165, 1.54) is 0 Å². The van der Waals surface area contributed by atoms with Crippen LogP contribution in [-0.2, 0) is 27.0 Å². The summed E-state index contributed by atoms with van der Waals surface area (Å²) in [7, 11) is -3.85. The van der Waals surface area contributed by atoms with Gasteiger partial charge < -0.3 is 26.7 Å². The molecule has 194 valence electrons. The fourth-order valence-electron chi connectivity index (χ4n) is 4.48. The zero-order valence-electron chi connectivity index (χ0n) is 20.9. The molecule has 1 aromatic heterocycles. The van der Waals surface area contributed by atoms with Crippen molar-refractivity contribution in [3.8, 4) is 0 Å². The minimum atomic E-state index is -3.85. The molecule has 0 saturated heterocycles. The first-order valence-corrected chi connectivity index (χ1v) is 14.2. The molecule has 0 aliphatic carbocycles. The number of H-pyrrole nitrogens is 1. The molecular weight excluding hydrogens is 475 g/mol. The van der Waals surface area contributed by atoms with Gasteiger partial charge in [0.15, 0.2) is 0 Å². The monoisotopic (exact) mass is 512 g/mol. The van der Waals surface area contributed by atoms with E-state index in [0.29, 0.717) is 19.3 Å². The summed E-state index contributed by atoms with van der Waals surface area (Å²) in [5.41, 5.74) is 14.6. The Kier molecular flexibility index (Phi) is 9.49. The number of aromatic amines is 1. The smallest absolute Gasteiger partial charge is 0.240 e. The van der Waals surface area contributed by atoms with Gasteiger partial charge in [-0.15, -0.1) is 0 Å². The first kappa shape index (κ1) is 27.7. The van der Waals surface area contributed by atoms with Crippen molar-refractivity contribution in [2.45, 2.75) is 51.4 Å². The maximum atomic E-state index is 13.3. The molecule has 9 heteroatoms. The zero-order chi connectivity index (χ0) is 26.3. The van der Waals surface area contributed by atoms with Gasteiger partial charge in [-0.25, -0.2) is 0 Å². The highest BCUT2D eigenvalue weighted by Gasteiger charge is 2.35. The molecular formula is C27H37N4O4P. The number of aromatic nitrogens is 1. The molecule has 0 bridgehead atoms. The van der Waals surface area contributed by atoms with Gasteiger partial charge in [0.1, 0.15) is 6.04 Å². The predicted octanol–water partition coefficient (Wildman–Crippen LogP) is 3.53. The van der Waals surface area contributed by atoms with Crippen LogP contribution in [0.25, 0.3) is 10.9 Å². The zero-order valence-corrected chi connectivity index (χ0v) is 21.8. The molecule has 2 amide bonds. The molecule has 3 aromatic rings. The third kappa shape index (κ3) is 7.53. The normalized spacial score (nSPS) is 15.8. The lowest BCUT2D eigenvalue weighted by Crippen LogP contribution is -2.48. The number of hydrogen-bond acceptors (Lipinski definition) is 4. The van der Waals surface area contributed by atoms with Crippen molar-refractivity contribution in [3.63, 3.8) is 0 Å². The fourth-order valence-corrected chi connectivity index (χ4v) is 6.23. The van der Waals surface area contributed by atoms with Crippen LogP contribution in [0.15, 0.2) is 60.8 Å².